The van der Waals surface area contributed by atoms with Crippen molar-refractivity contribution in [3.05, 3.63) is 29.6 Å². The first kappa shape index (κ1) is 19.3. The lowest BCUT2D eigenvalue weighted by Gasteiger charge is -2.45. The van der Waals surface area contributed by atoms with E-state index in [-0.39, 0.29) is 24.5 Å². The molecule has 7 nitrogen and oxygen atoms in total. The summed E-state index contributed by atoms with van der Waals surface area (Å²) >= 11 is 0. The van der Waals surface area contributed by atoms with Crippen LogP contribution in [0.2, 0.25) is 0 Å². The van der Waals surface area contributed by atoms with Crippen LogP contribution in [0.15, 0.2) is 18.3 Å². The minimum Gasteiger partial charge on any atom is -0.365 e. The standard InChI is InChI=1S/C21H30N4O3/c1-15-5-6-16(11-22-15)21(27)23-12-19-13-25(20(26)14-28-19)18-7-9-24(10-8-18)17-3-2-4-17/h5-6,11,17-19H,2-4,7-10,12-14H2,1H3,(H,23,27)/t19-/m1/s1. The summed E-state index contributed by atoms with van der Waals surface area (Å²) in [6.45, 7) is 5.12. The van der Waals surface area contributed by atoms with Gasteiger partial charge in [-0.15, -0.1) is 0 Å². The Balaban J connectivity index is 1.26. The van der Waals surface area contributed by atoms with Crippen LogP contribution in [-0.2, 0) is 9.53 Å². The summed E-state index contributed by atoms with van der Waals surface area (Å²) in [7, 11) is 0. The van der Waals surface area contributed by atoms with Crippen molar-refractivity contribution in [1.29, 1.82) is 0 Å². The van der Waals surface area contributed by atoms with E-state index in [9.17, 15) is 9.59 Å². The van der Waals surface area contributed by atoms with Crippen LogP contribution in [0.25, 0.3) is 0 Å². The molecule has 2 amide bonds. The third-order valence-electron chi connectivity index (χ3n) is 6.36. The van der Waals surface area contributed by atoms with Crippen LogP contribution < -0.4 is 5.32 Å². The Kier molecular flexibility index (Phi) is 5.92. The van der Waals surface area contributed by atoms with Gasteiger partial charge in [-0.25, -0.2) is 0 Å². The van der Waals surface area contributed by atoms with Crippen molar-refractivity contribution in [2.75, 3.05) is 32.8 Å². The highest BCUT2D eigenvalue weighted by atomic mass is 16.5. The zero-order chi connectivity index (χ0) is 19.5. The highest BCUT2D eigenvalue weighted by Gasteiger charge is 2.35. The maximum atomic E-state index is 12.4. The number of amides is 2. The summed E-state index contributed by atoms with van der Waals surface area (Å²) in [6.07, 6.45) is 7.52. The van der Waals surface area contributed by atoms with Gasteiger partial charge in [0, 0.05) is 50.2 Å². The highest BCUT2D eigenvalue weighted by Crippen LogP contribution is 2.29. The zero-order valence-electron chi connectivity index (χ0n) is 16.6. The third kappa shape index (κ3) is 4.36. The molecule has 0 unspecified atom stereocenters. The van der Waals surface area contributed by atoms with Gasteiger partial charge in [0.05, 0.1) is 11.7 Å². The molecule has 1 atom stereocenters. The predicted molar refractivity (Wildman–Crippen MR) is 105 cm³/mol. The van der Waals surface area contributed by atoms with E-state index in [0.717, 1.165) is 37.7 Å². The van der Waals surface area contributed by atoms with Crippen LogP contribution in [-0.4, -0.2) is 77.6 Å². The Morgan fingerprint density at radius 1 is 1.21 bits per heavy atom. The highest BCUT2D eigenvalue weighted by molar-refractivity contribution is 5.93. The van der Waals surface area contributed by atoms with Gasteiger partial charge in [-0.2, -0.15) is 0 Å². The monoisotopic (exact) mass is 386 g/mol. The van der Waals surface area contributed by atoms with Crippen LogP contribution in [0.4, 0.5) is 0 Å². The number of rotatable bonds is 5. The van der Waals surface area contributed by atoms with Gasteiger partial charge in [-0.1, -0.05) is 6.42 Å². The number of carbonyl (C=O) groups is 2. The van der Waals surface area contributed by atoms with Gasteiger partial charge in [-0.3, -0.25) is 14.6 Å². The van der Waals surface area contributed by atoms with Gasteiger partial charge in [-0.05, 0) is 44.7 Å². The van der Waals surface area contributed by atoms with E-state index in [1.54, 1.807) is 12.3 Å². The summed E-state index contributed by atoms with van der Waals surface area (Å²) in [6, 6.07) is 4.67. The quantitative estimate of drug-likeness (QED) is 0.827. The number of hydrogen-bond donors (Lipinski definition) is 1. The molecule has 0 aromatic carbocycles. The molecule has 1 aromatic heterocycles. The molecule has 0 bridgehead atoms. The fraction of sp³-hybridized carbons (Fsp3) is 0.667. The Bertz CT molecular complexity index is 696. The number of hydrogen-bond acceptors (Lipinski definition) is 5. The summed E-state index contributed by atoms with van der Waals surface area (Å²) in [4.78, 5) is 33.4. The fourth-order valence-electron chi connectivity index (χ4n) is 4.35. The molecule has 1 N–H and O–H groups in total. The number of carbonyl (C=O) groups excluding carboxylic acids is 2. The second-order valence-electron chi connectivity index (χ2n) is 8.23. The van der Waals surface area contributed by atoms with Gasteiger partial charge in [0.25, 0.3) is 5.91 Å². The second-order valence-corrected chi connectivity index (χ2v) is 8.23. The van der Waals surface area contributed by atoms with Crippen LogP contribution in [0.5, 0.6) is 0 Å². The van der Waals surface area contributed by atoms with E-state index in [4.69, 9.17) is 4.74 Å². The Labute approximate surface area is 166 Å². The summed E-state index contributed by atoms with van der Waals surface area (Å²) in [5, 5.41) is 2.91. The van der Waals surface area contributed by atoms with Crippen molar-refractivity contribution in [2.45, 2.75) is 57.2 Å². The van der Waals surface area contributed by atoms with E-state index in [1.807, 2.05) is 17.9 Å². The molecule has 3 heterocycles. The fourth-order valence-corrected chi connectivity index (χ4v) is 4.35. The van der Waals surface area contributed by atoms with Gasteiger partial charge < -0.3 is 19.9 Å². The normalized spacial score (nSPS) is 24.8. The number of nitrogens with zero attached hydrogens (tertiary/aromatic N) is 3. The molecule has 2 saturated heterocycles. The molecule has 0 radical (unpaired) electrons. The first-order valence-corrected chi connectivity index (χ1v) is 10.5. The van der Waals surface area contributed by atoms with Gasteiger partial charge in [0.15, 0.2) is 0 Å². The Morgan fingerprint density at radius 2 is 2.00 bits per heavy atom. The first-order valence-electron chi connectivity index (χ1n) is 10.5. The summed E-state index contributed by atoms with van der Waals surface area (Å²) in [5.74, 6) is -0.0826. The first-order chi connectivity index (χ1) is 13.6. The van der Waals surface area contributed by atoms with E-state index >= 15 is 0 Å². The van der Waals surface area contributed by atoms with E-state index in [0.29, 0.717) is 24.7 Å². The zero-order valence-corrected chi connectivity index (χ0v) is 16.6. The lowest BCUT2D eigenvalue weighted by Crippen LogP contribution is -2.57. The molecule has 2 aliphatic heterocycles. The molecule has 3 aliphatic rings. The third-order valence-corrected chi connectivity index (χ3v) is 6.36. The van der Waals surface area contributed by atoms with Crippen molar-refractivity contribution in [3.8, 4) is 0 Å². The molecule has 28 heavy (non-hydrogen) atoms. The van der Waals surface area contributed by atoms with Crippen LogP contribution in [0.1, 0.15) is 48.2 Å². The molecule has 1 aliphatic carbocycles. The van der Waals surface area contributed by atoms with Crippen molar-refractivity contribution in [2.24, 2.45) is 0 Å². The molecule has 4 rings (SSSR count). The Morgan fingerprint density at radius 3 is 2.64 bits per heavy atom. The number of nitrogens with one attached hydrogen (secondary N) is 1. The largest absolute Gasteiger partial charge is 0.365 e. The smallest absolute Gasteiger partial charge is 0.252 e. The van der Waals surface area contributed by atoms with E-state index in [1.165, 1.54) is 19.3 Å². The summed E-state index contributed by atoms with van der Waals surface area (Å²) < 4.78 is 5.67. The molecular weight excluding hydrogens is 356 g/mol. The lowest BCUT2D eigenvalue weighted by atomic mass is 9.89. The average Bonchev–Trinajstić information content (AvgIpc) is 2.67. The predicted octanol–water partition coefficient (Wildman–Crippen LogP) is 1.36. The van der Waals surface area contributed by atoms with Crippen LogP contribution in [0, 0.1) is 6.92 Å². The van der Waals surface area contributed by atoms with Crippen LogP contribution >= 0.6 is 0 Å². The number of pyridine rings is 1. The molecule has 0 spiro atoms. The van der Waals surface area contributed by atoms with Crippen molar-refractivity contribution in [1.82, 2.24) is 20.1 Å². The summed E-state index contributed by atoms with van der Waals surface area (Å²) in [5.41, 5.74) is 1.42. The number of likely N-dealkylation sites (tertiary alicyclic amines) is 1. The average molecular weight is 386 g/mol. The molecule has 1 saturated carbocycles. The maximum Gasteiger partial charge on any atom is 0.252 e. The van der Waals surface area contributed by atoms with E-state index < -0.39 is 0 Å². The van der Waals surface area contributed by atoms with Gasteiger partial charge >= 0.3 is 0 Å². The van der Waals surface area contributed by atoms with Crippen molar-refractivity contribution in [3.63, 3.8) is 0 Å². The molecule has 3 fully saturated rings. The molecule has 152 valence electrons. The minimum atomic E-state index is -0.162. The van der Waals surface area contributed by atoms with Crippen molar-refractivity contribution >= 4 is 11.8 Å². The number of piperidine rings is 1. The lowest BCUT2D eigenvalue weighted by molar-refractivity contribution is -0.153. The SMILES string of the molecule is Cc1ccc(C(=O)NC[C@@H]2CN(C3CCN(C4CCC4)CC3)C(=O)CO2)cn1. The Hall–Kier alpha value is -1.99. The minimum absolute atomic E-state index is 0.0763. The van der Waals surface area contributed by atoms with E-state index in [2.05, 4.69) is 15.2 Å². The van der Waals surface area contributed by atoms with Crippen molar-refractivity contribution < 1.29 is 14.3 Å². The molecular formula is C21H30N4O3. The van der Waals surface area contributed by atoms with Gasteiger partial charge in [0.1, 0.15) is 6.61 Å². The van der Waals surface area contributed by atoms with Crippen LogP contribution in [0.3, 0.4) is 0 Å². The number of aromatic nitrogens is 1. The topological polar surface area (TPSA) is 74.8 Å². The number of aryl methyl sites for hydroxylation is 1. The molecule has 1 aromatic rings. The second kappa shape index (κ2) is 8.57. The molecule has 7 heteroatoms. The number of morpholine rings is 1. The number of ether oxygens (including phenoxy) is 1. The maximum absolute atomic E-state index is 12.4. The van der Waals surface area contributed by atoms with Gasteiger partial charge in [0.2, 0.25) is 5.91 Å².